The zero-order valence-electron chi connectivity index (χ0n) is 14.1. The first kappa shape index (κ1) is 15.5. The maximum atomic E-state index is 10.1. The quantitative estimate of drug-likeness (QED) is 0.899. The van der Waals surface area contributed by atoms with E-state index in [4.69, 9.17) is 4.99 Å². The van der Waals surface area contributed by atoms with Gasteiger partial charge >= 0.3 is 0 Å². The molecule has 24 heavy (non-hydrogen) atoms. The van der Waals surface area contributed by atoms with Crippen molar-refractivity contribution in [3.05, 3.63) is 58.9 Å². The van der Waals surface area contributed by atoms with Gasteiger partial charge in [-0.05, 0) is 42.7 Å². The number of aromatic nitrogens is 1. The molecule has 2 aliphatic heterocycles. The molecular formula is C19H21N3OS. The number of phenols is 1. The topological polar surface area (TPSA) is 48.7 Å². The van der Waals surface area contributed by atoms with Crippen LogP contribution in [0.15, 0.2) is 41.5 Å². The second kappa shape index (κ2) is 5.81. The normalized spacial score (nSPS) is 25.7. The molecule has 3 atom stereocenters. The standard InChI is InChI=1S/C19H21N3OS/c1-11-8-14(9-12(2)18(11)23)17-16(15-6-4-5-7-20-15)21-19-22(17)10-13(3)24-19/h4-9,13,16-17,23H,10H2,1-3H3/t13-,16-,17-/m0/s1. The fraction of sp³-hybridized carbons (Fsp3) is 0.368. The lowest BCUT2D eigenvalue weighted by atomic mass is 9.93. The minimum atomic E-state index is 0.00421. The molecule has 0 radical (unpaired) electrons. The average Bonchev–Trinajstić information content (AvgIpc) is 3.08. The van der Waals surface area contributed by atoms with Crippen molar-refractivity contribution in [1.82, 2.24) is 9.88 Å². The van der Waals surface area contributed by atoms with Crippen molar-refractivity contribution in [2.45, 2.75) is 38.1 Å². The van der Waals surface area contributed by atoms with E-state index in [2.05, 4.69) is 35.0 Å². The number of phenolic OH excluding ortho intramolecular Hbond substituents is 1. The molecule has 0 saturated carbocycles. The van der Waals surface area contributed by atoms with Crippen molar-refractivity contribution in [3.8, 4) is 5.75 Å². The summed E-state index contributed by atoms with van der Waals surface area (Å²) in [5.41, 5.74) is 4.03. The van der Waals surface area contributed by atoms with Crippen LogP contribution in [0, 0.1) is 13.8 Å². The van der Waals surface area contributed by atoms with Gasteiger partial charge < -0.3 is 10.0 Å². The van der Waals surface area contributed by atoms with Gasteiger partial charge in [0.2, 0.25) is 0 Å². The Labute approximate surface area is 146 Å². The highest BCUT2D eigenvalue weighted by molar-refractivity contribution is 8.14. The van der Waals surface area contributed by atoms with E-state index in [9.17, 15) is 5.11 Å². The number of benzene rings is 1. The van der Waals surface area contributed by atoms with Gasteiger partial charge in [0.15, 0.2) is 5.17 Å². The van der Waals surface area contributed by atoms with Gasteiger partial charge in [-0.3, -0.25) is 9.98 Å². The molecular weight excluding hydrogens is 318 g/mol. The molecule has 2 aromatic rings. The van der Waals surface area contributed by atoms with Crippen LogP contribution in [-0.4, -0.2) is 32.0 Å². The fourth-order valence-electron chi connectivity index (χ4n) is 3.64. The molecule has 4 rings (SSSR count). The van der Waals surface area contributed by atoms with Gasteiger partial charge in [0.1, 0.15) is 11.8 Å². The molecule has 0 unspecified atom stereocenters. The van der Waals surface area contributed by atoms with E-state index in [0.717, 1.165) is 28.5 Å². The van der Waals surface area contributed by atoms with Crippen LogP contribution >= 0.6 is 11.8 Å². The predicted octanol–water partition coefficient (Wildman–Crippen LogP) is 3.99. The number of nitrogens with zero attached hydrogens (tertiary/aromatic N) is 3. The van der Waals surface area contributed by atoms with Crippen molar-refractivity contribution in [3.63, 3.8) is 0 Å². The molecule has 0 bridgehead atoms. The zero-order chi connectivity index (χ0) is 16.8. The van der Waals surface area contributed by atoms with E-state index < -0.39 is 0 Å². The summed E-state index contributed by atoms with van der Waals surface area (Å²) in [6.07, 6.45) is 1.83. The van der Waals surface area contributed by atoms with E-state index in [-0.39, 0.29) is 12.1 Å². The zero-order valence-corrected chi connectivity index (χ0v) is 14.9. The minimum Gasteiger partial charge on any atom is -0.507 e. The van der Waals surface area contributed by atoms with Gasteiger partial charge in [-0.2, -0.15) is 0 Å². The molecule has 1 aromatic heterocycles. The Morgan fingerprint density at radius 3 is 2.62 bits per heavy atom. The van der Waals surface area contributed by atoms with Gasteiger partial charge in [0.25, 0.3) is 0 Å². The second-order valence-electron chi connectivity index (χ2n) is 6.64. The summed E-state index contributed by atoms with van der Waals surface area (Å²) in [6, 6.07) is 10.3. The molecule has 1 fully saturated rings. The second-order valence-corrected chi connectivity index (χ2v) is 8.05. The Morgan fingerprint density at radius 1 is 1.21 bits per heavy atom. The number of rotatable bonds is 2. The number of hydrogen-bond acceptors (Lipinski definition) is 5. The highest BCUT2D eigenvalue weighted by Gasteiger charge is 2.43. The predicted molar refractivity (Wildman–Crippen MR) is 98.5 cm³/mol. The number of thioether (sulfide) groups is 1. The van der Waals surface area contributed by atoms with Crippen molar-refractivity contribution in [2.75, 3.05) is 6.54 Å². The van der Waals surface area contributed by atoms with Crippen molar-refractivity contribution in [1.29, 1.82) is 0 Å². The maximum Gasteiger partial charge on any atom is 0.160 e. The third-order valence-corrected chi connectivity index (χ3v) is 5.84. The Kier molecular flexibility index (Phi) is 3.76. The van der Waals surface area contributed by atoms with E-state index in [1.165, 1.54) is 5.56 Å². The number of aromatic hydroxyl groups is 1. The van der Waals surface area contributed by atoms with E-state index in [0.29, 0.717) is 11.0 Å². The molecule has 5 heteroatoms. The lowest BCUT2D eigenvalue weighted by molar-refractivity contribution is 0.320. The first-order valence-corrected chi connectivity index (χ1v) is 9.14. The number of fused-ring (bicyclic) bond motifs is 1. The van der Waals surface area contributed by atoms with Gasteiger partial charge in [-0.15, -0.1) is 0 Å². The largest absolute Gasteiger partial charge is 0.507 e. The highest BCUT2D eigenvalue weighted by Crippen LogP contribution is 2.48. The summed E-state index contributed by atoms with van der Waals surface area (Å²) >= 11 is 1.84. The molecule has 2 aliphatic rings. The smallest absolute Gasteiger partial charge is 0.160 e. The highest BCUT2D eigenvalue weighted by atomic mass is 32.2. The molecule has 0 aliphatic carbocycles. The Bertz CT molecular complexity index is 783. The lowest BCUT2D eigenvalue weighted by Gasteiger charge is -2.28. The van der Waals surface area contributed by atoms with Crippen LogP contribution in [0.25, 0.3) is 0 Å². The van der Waals surface area contributed by atoms with Crippen molar-refractivity contribution in [2.24, 2.45) is 4.99 Å². The number of amidine groups is 1. The molecule has 124 valence electrons. The van der Waals surface area contributed by atoms with Crippen LogP contribution < -0.4 is 0 Å². The molecule has 1 aromatic carbocycles. The third-order valence-electron chi connectivity index (χ3n) is 4.74. The molecule has 1 N–H and O–H groups in total. The van der Waals surface area contributed by atoms with Gasteiger partial charge in [-0.25, -0.2) is 0 Å². The van der Waals surface area contributed by atoms with Crippen LogP contribution in [0.4, 0.5) is 0 Å². The van der Waals surface area contributed by atoms with Crippen LogP contribution in [0.1, 0.15) is 41.4 Å². The molecule has 0 spiro atoms. The van der Waals surface area contributed by atoms with Crippen LogP contribution in [-0.2, 0) is 0 Å². The number of aliphatic imine (C=N–C) groups is 1. The fourth-order valence-corrected chi connectivity index (χ4v) is 4.73. The minimum absolute atomic E-state index is 0.00421. The summed E-state index contributed by atoms with van der Waals surface area (Å²) < 4.78 is 0. The van der Waals surface area contributed by atoms with E-state index in [1.54, 1.807) is 0 Å². The molecule has 4 nitrogen and oxygen atoms in total. The Balaban J connectivity index is 1.81. The third kappa shape index (κ3) is 2.47. The van der Waals surface area contributed by atoms with Crippen molar-refractivity contribution >= 4 is 16.9 Å². The van der Waals surface area contributed by atoms with Gasteiger partial charge in [0.05, 0.1) is 11.7 Å². The van der Waals surface area contributed by atoms with Crippen LogP contribution in [0.3, 0.4) is 0 Å². The molecule has 0 amide bonds. The van der Waals surface area contributed by atoms with Crippen LogP contribution in [0.2, 0.25) is 0 Å². The van der Waals surface area contributed by atoms with E-state index in [1.807, 2.05) is 43.9 Å². The number of aryl methyl sites for hydroxylation is 2. The molecule has 3 heterocycles. The Morgan fingerprint density at radius 2 is 1.96 bits per heavy atom. The van der Waals surface area contributed by atoms with Crippen molar-refractivity contribution < 1.29 is 5.11 Å². The first-order chi connectivity index (χ1) is 11.5. The monoisotopic (exact) mass is 339 g/mol. The SMILES string of the molecule is Cc1cc([C@H]2[C@H](c3ccccn3)N=C3S[C@@H](C)CN32)cc(C)c1O. The molecule has 1 saturated heterocycles. The van der Waals surface area contributed by atoms with Crippen LogP contribution in [0.5, 0.6) is 5.75 Å². The summed E-state index contributed by atoms with van der Waals surface area (Å²) in [5, 5.41) is 11.8. The summed E-state index contributed by atoms with van der Waals surface area (Å²) in [6.45, 7) is 7.15. The lowest BCUT2D eigenvalue weighted by Crippen LogP contribution is -2.28. The van der Waals surface area contributed by atoms with E-state index >= 15 is 0 Å². The summed E-state index contributed by atoms with van der Waals surface area (Å²) in [4.78, 5) is 11.9. The number of hydrogen-bond donors (Lipinski definition) is 1. The Hall–Kier alpha value is -2.01. The number of pyridine rings is 1. The summed E-state index contributed by atoms with van der Waals surface area (Å²) in [7, 11) is 0. The summed E-state index contributed by atoms with van der Waals surface area (Å²) in [5.74, 6) is 0.386. The van der Waals surface area contributed by atoms with Gasteiger partial charge in [0, 0.05) is 18.0 Å². The van der Waals surface area contributed by atoms with Gasteiger partial charge in [-0.1, -0.05) is 36.9 Å². The first-order valence-electron chi connectivity index (χ1n) is 8.26. The maximum absolute atomic E-state index is 10.1. The average molecular weight is 339 g/mol.